The number of ether oxygens (including phenoxy) is 1. The second-order valence-electron chi connectivity index (χ2n) is 5.23. The molecule has 0 bridgehead atoms. The first kappa shape index (κ1) is 17.5. The molecule has 1 aromatic heterocycles. The molecular weight excluding hydrogens is 356 g/mol. The lowest BCUT2D eigenvalue weighted by Gasteiger charge is -2.11. The number of carbonyl (C=O) groups is 1. The lowest BCUT2D eigenvalue weighted by molar-refractivity contribution is -0.274. The molecule has 134 valence electrons. The van der Waals surface area contributed by atoms with Crippen molar-refractivity contribution >= 4 is 5.97 Å². The molecule has 5 nitrogen and oxygen atoms in total. The van der Waals surface area contributed by atoms with Crippen molar-refractivity contribution in [3.8, 4) is 28.3 Å². The zero-order valence-electron chi connectivity index (χ0n) is 12.8. The molecule has 0 spiro atoms. The van der Waals surface area contributed by atoms with Gasteiger partial charge in [-0.2, -0.15) is 5.10 Å². The van der Waals surface area contributed by atoms with Crippen LogP contribution in [0.5, 0.6) is 5.75 Å². The van der Waals surface area contributed by atoms with Crippen LogP contribution in [0, 0.1) is 5.82 Å². The fourth-order valence-electron chi connectivity index (χ4n) is 2.36. The SMILES string of the molecule is O=C(O)c1ccc(OC(F)(F)F)cc1-c1cc(-c2ccc(F)cc2)[nH]n1. The van der Waals surface area contributed by atoms with E-state index in [-0.39, 0.29) is 16.8 Å². The predicted molar refractivity (Wildman–Crippen MR) is 83.1 cm³/mol. The third kappa shape index (κ3) is 3.82. The summed E-state index contributed by atoms with van der Waals surface area (Å²) in [6, 6.07) is 9.74. The van der Waals surface area contributed by atoms with Crippen LogP contribution in [-0.2, 0) is 0 Å². The van der Waals surface area contributed by atoms with Gasteiger partial charge in [-0.25, -0.2) is 9.18 Å². The molecule has 0 saturated heterocycles. The molecule has 0 atom stereocenters. The Labute approximate surface area is 143 Å². The van der Waals surface area contributed by atoms with Crippen molar-refractivity contribution in [1.29, 1.82) is 0 Å². The van der Waals surface area contributed by atoms with E-state index in [0.29, 0.717) is 11.3 Å². The third-order valence-corrected chi connectivity index (χ3v) is 3.46. The molecule has 3 rings (SSSR count). The number of aromatic amines is 1. The maximum absolute atomic E-state index is 13.0. The minimum absolute atomic E-state index is 0.0520. The van der Waals surface area contributed by atoms with Gasteiger partial charge in [0.25, 0.3) is 0 Å². The van der Waals surface area contributed by atoms with E-state index in [2.05, 4.69) is 14.9 Å². The molecule has 0 radical (unpaired) electrons. The number of hydrogen-bond acceptors (Lipinski definition) is 3. The Bertz CT molecular complexity index is 949. The minimum Gasteiger partial charge on any atom is -0.478 e. The number of carboxylic acids is 1. The quantitative estimate of drug-likeness (QED) is 0.668. The maximum atomic E-state index is 13.0. The number of benzene rings is 2. The molecule has 0 aliphatic heterocycles. The first-order valence-corrected chi connectivity index (χ1v) is 7.18. The standard InChI is InChI=1S/C17H10F4N2O3/c18-10-3-1-9(2-4-10)14-8-15(23-22-14)13-7-11(26-17(19,20)21)5-6-12(13)16(24)25/h1-8H,(H,22,23)(H,24,25). The van der Waals surface area contributed by atoms with Gasteiger partial charge < -0.3 is 9.84 Å². The van der Waals surface area contributed by atoms with Crippen LogP contribution >= 0.6 is 0 Å². The molecule has 2 N–H and O–H groups in total. The summed E-state index contributed by atoms with van der Waals surface area (Å²) in [5.41, 5.74) is 0.832. The van der Waals surface area contributed by atoms with Crippen LogP contribution in [0.2, 0.25) is 0 Å². The van der Waals surface area contributed by atoms with Crippen molar-refractivity contribution in [3.05, 3.63) is 59.9 Å². The zero-order valence-corrected chi connectivity index (χ0v) is 12.8. The topological polar surface area (TPSA) is 75.2 Å². The van der Waals surface area contributed by atoms with Crippen LogP contribution in [0.4, 0.5) is 17.6 Å². The molecular formula is C17H10F4N2O3. The highest BCUT2D eigenvalue weighted by molar-refractivity contribution is 5.96. The Kier molecular flexibility index (Phi) is 4.37. The van der Waals surface area contributed by atoms with E-state index < -0.39 is 23.9 Å². The summed E-state index contributed by atoms with van der Waals surface area (Å²) in [7, 11) is 0. The van der Waals surface area contributed by atoms with Crippen molar-refractivity contribution in [3.63, 3.8) is 0 Å². The zero-order chi connectivity index (χ0) is 18.9. The van der Waals surface area contributed by atoms with Crippen LogP contribution in [0.25, 0.3) is 22.5 Å². The van der Waals surface area contributed by atoms with Gasteiger partial charge in [-0.3, -0.25) is 5.10 Å². The Morgan fingerprint density at radius 1 is 1.08 bits per heavy atom. The van der Waals surface area contributed by atoms with Crippen LogP contribution in [0.15, 0.2) is 48.5 Å². The van der Waals surface area contributed by atoms with Crippen molar-refractivity contribution in [2.24, 2.45) is 0 Å². The van der Waals surface area contributed by atoms with Gasteiger partial charge in [0, 0.05) is 5.56 Å². The summed E-state index contributed by atoms with van der Waals surface area (Å²) >= 11 is 0. The minimum atomic E-state index is -4.91. The Morgan fingerprint density at radius 2 is 1.77 bits per heavy atom. The van der Waals surface area contributed by atoms with Gasteiger partial charge in [0.05, 0.1) is 17.0 Å². The summed E-state index contributed by atoms with van der Waals surface area (Å²) < 4.78 is 54.0. The summed E-state index contributed by atoms with van der Waals surface area (Å²) in [5.74, 6) is -2.33. The van der Waals surface area contributed by atoms with Crippen molar-refractivity contribution in [2.45, 2.75) is 6.36 Å². The molecule has 2 aromatic carbocycles. The molecule has 0 amide bonds. The van der Waals surface area contributed by atoms with Crippen LogP contribution in [0.1, 0.15) is 10.4 Å². The van der Waals surface area contributed by atoms with Crippen molar-refractivity contribution in [2.75, 3.05) is 0 Å². The smallest absolute Gasteiger partial charge is 0.478 e. The second kappa shape index (κ2) is 6.51. The number of H-pyrrole nitrogens is 1. The summed E-state index contributed by atoms with van der Waals surface area (Å²) in [6.45, 7) is 0. The van der Waals surface area contributed by atoms with Gasteiger partial charge in [0.2, 0.25) is 0 Å². The van der Waals surface area contributed by atoms with Crippen molar-refractivity contribution < 1.29 is 32.2 Å². The normalized spacial score (nSPS) is 11.4. The van der Waals surface area contributed by atoms with Gasteiger partial charge >= 0.3 is 12.3 Å². The molecule has 9 heteroatoms. The molecule has 0 aliphatic rings. The van der Waals surface area contributed by atoms with Gasteiger partial charge in [0.1, 0.15) is 11.6 Å². The molecule has 0 fully saturated rings. The monoisotopic (exact) mass is 366 g/mol. The molecule has 26 heavy (non-hydrogen) atoms. The molecule has 0 saturated carbocycles. The van der Waals surface area contributed by atoms with E-state index in [1.54, 1.807) is 0 Å². The number of halogens is 4. The van der Waals surface area contributed by atoms with Crippen molar-refractivity contribution in [1.82, 2.24) is 10.2 Å². The molecule has 0 aliphatic carbocycles. The second-order valence-corrected chi connectivity index (χ2v) is 5.23. The fourth-order valence-corrected chi connectivity index (χ4v) is 2.36. The van der Waals surface area contributed by atoms with Gasteiger partial charge in [-0.15, -0.1) is 13.2 Å². The molecule has 1 heterocycles. The lowest BCUT2D eigenvalue weighted by Crippen LogP contribution is -2.17. The molecule has 3 aromatic rings. The first-order valence-electron chi connectivity index (χ1n) is 7.18. The predicted octanol–water partition coefficient (Wildman–Crippen LogP) is 4.48. The largest absolute Gasteiger partial charge is 0.573 e. The van der Waals surface area contributed by atoms with E-state index >= 15 is 0 Å². The van der Waals surface area contributed by atoms with E-state index in [1.165, 1.54) is 30.3 Å². The fraction of sp³-hybridized carbons (Fsp3) is 0.0588. The Hall–Kier alpha value is -3.36. The lowest BCUT2D eigenvalue weighted by atomic mass is 10.0. The summed E-state index contributed by atoms with van der Waals surface area (Å²) in [6.07, 6.45) is -4.91. The van der Waals surface area contributed by atoms with E-state index in [0.717, 1.165) is 18.2 Å². The number of carboxylic acid groups (broad SMARTS) is 1. The number of nitrogens with one attached hydrogen (secondary N) is 1. The number of aromatic nitrogens is 2. The van der Waals surface area contributed by atoms with Crippen LogP contribution in [-0.4, -0.2) is 27.6 Å². The number of hydrogen-bond donors (Lipinski definition) is 2. The molecule has 0 unspecified atom stereocenters. The van der Waals surface area contributed by atoms with E-state index in [1.807, 2.05) is 0 Å². The average Bonchev–Trinajstić information content (AvgIpc) is 3.03. The highest BCUT2D eigenvalue weighted by Gasteiger charge is 2.31. The van der Waals surface area contributed by atoms with Gasteiger partial charge in [0.15, 0.2) is 0 Å². The van der Waals surface area contributed by atoms with E-state index in [9.17, 15) is 27.5 Å². The summed E-state index contributed by atoms with van der Waals surface area (Å²) in [5, 5.41) is 15.9. The van der Waals surface area contributed by atoms with Crippen LogP contribution < -0.4 is 4.74 Å². The van der Waals surface area contributed by atoms with Crippen LogP contribution in [0.3, 0.4) is 0 Å². The average molecular weight is 366 g/mol. The van der Waals surface area contributed by atoms with E-state index in [4.69, 9.17) is 0 Å². The highest BCUT2D eigenvalue weighted by Crippen LogP contribution is 2.32. The number of aromatic carboxylic acids is 1. The number of nitrogens with zero attached hydrogens (tertiary/aromatic N) is 1. The summed E-state index contributed by atoms with van der Waals surface area (Å²) in [4.78, 5) is 11.4. The Morgan fingerprint density at radius 3 is 2.38 bits per heavy atom. The maximum Gasteiger partial charge on any atom is 0.573 e. The highest BCUT2D eigenvalue weighted by atomic mass is 19.4. The van der Waals surface area contributed by atoms with Gasteiger partial charge in [-0.05, 0) is 54.1 Å². The van der Waals surface area contributed by atoms with Gasteiger partial charge in [-0.1, -0.05) is 0 Å². The first-order chi connectivity index (χ1) is 12.2. The number of rotatable bonds is 4. The third-order valence-electron chi connectivity index (χ3n) is 3.46. The number of alkyl halides is 3. The Balaban J connectivity index is 2.03.